The Morgan fingerprint density at radius 1 is 1.50 bits per heavy atom. The molecular weight excluding hydrogens is 183 g/mol. The summed E-state index contributed by atoms with van der Waals surface area (Å²) < 4.78 is 18.5. The summed E-state index contributed by atoms with van der Waals surface area (Å²) in [4.78, 5) is 0. The van der Waals surface area contributed by atoms with Crippen molar-refractivity contribution in [2.24, 2.45) is 0 Å². The quantitative estimate of drug-likeness (QED) is 0.805. The second-order valence-electron chi connectivity index (χ2n) is 3.48. The van der Waals surface area contributed by atoms with Gasteiger partial charge in [0.2, 0.25) is 0 Å². The highest BCUT2D eigenvalue weighted by atomic mass is 19.1. The van der Waals surface area contributed by atoms with Crippen LogP contribution in [0.2, 0.25) is 0 Å². The molecule has 0 aliphatic rings. The Morgan fingerprint density at radius 3 is 2.64 bits per heavy atom. The predicted octanol–water partition coefficient (Wildman–Crippen LogP) is 2.07. The maximum atomic E-state index is 13.5. The average molecular weight is 198 g/mol. The van der Waals surface area contributed by atoms with E-state index in [0.717, 1.165) is 5.56 Å². The monoisotopic (exact) mass is 198 g/mol. The van der Waals surface area contributed by atoms with Crippen LogP contribution in [0.25, 0.3) is 0 Å². The van der Waals surface area contributed by atoms with Gasteiger partial charge in [0.05, 0.1) is 13.2 Å². The summed E-state index contributed by atoms with van der Waals surface area (Å²) in [7, 11) is 1.50. The standard InChI is InChI=1S/C11H15FO2/c1-7-4-10(12)9(6-8(2)13)11(5-7)14-3/h4-5,8,13H,6H2,1-3H3/t8-/m1/s1. The Kier molecular flexibility index (Phi) is 3.47. The zero-order valence-corrected chi connectivity index (χ0v) is 8.67. The Labute approximate surface area is 83.3 Å². The maximum absolute atomic E-state index is 13.5. The van der Waals surface area contributed by atoms with Gasteiger partial charge in [-0.1, -0.05) is 0 Å². The molecule has 0 aromatic heterocycles. The third-order valence-electron chi connectivity index (χ3n) is 2.02. The fraction of sp³-hybridized carbons (Fsp3) is 0.455. The minimum atomic E-state index is -0.568. The van der Waals surface area contributed by atoms with Crippen LogP contribution in [0.5, 0.6) is 5.75 Å². The van der Waals surface area contributed by atoms with Crippen LogP contribution in [-0.2, 0) is 6.42 Å². The van der Waals surface area contributed by atoms with Crippen LogP contribution in [0.3, 0.4) is 0 Å². The molecule has 0 radical (unpaired) electrons. The molecule has 1 atom stereocenters. The number of methoxy groups -OCH3 is 1. The zero-order valence-electron chi connectivity index (χ0n) is 8.67. The molecule has 0 saturated heterocycles. The Balaban J connectivity index is 3.11. The molecule has 0 bridgehead atoms. The van der Waals surface area contributed by atoms with Crippen LogP contribution in [0, 0.1) is 12.7 Å². The fourth-order valence-electron chi connectivity index (χ4n) is 1.42. The molecule has 3 heteroatoms. The first-order valence-corrected chi connectivity index (χ1v) is 4.55. The molecule has 0 aliphatic heterocycles. The molecule has 1 N–H and O–H groups in total. The number of aryl methyl sites for hydroxylation is 1. The first kappa shape index (κ1) is 11.0. The van der Waals surface area contributed by atoms with Gasteiger partial charge in [0.25, 0.3) is 0 Å². The Hall–Kier alpha value is -1.09. The smallest absolute Gasteiger partial charge is 0.130 e. The van der Waals surface area contributed by atoms with E-state index in [2.05, 4.69) is 0 Å². The Morgan fingerprint density at radius 2 is 2.14 bits per heavy atom. The van der Waals surface area contributed by atoms with E-state index in [0.29, 0.717) is 11.3 Å². The number of aliphatic hydroxyl groups is 1. The molecule has 1 rings (SSSR count). The van der Waals surface area contributed by atoms with E-state index in [1.807, 2.05) is 0 Å². The number of rotatable bonds is 3. The molecule has 0 heterocycles. The van der Waals surface area contributed by atoms with Gasteiger partial charge in [0.1, 0.15) is 11.6 Å². The van der Waals surface area contributed by atoms with Gasteiger partial charge in [-0.3, -0.25) is 0 Å². The minimum absolute atomic E-state index is 0.273. The summed E-state index contributed by atoms with van der Waals surface area (Å²) in [5, 5.41) is 9.20. The third-order valence-corrected chi connectivity index (χ3v) is 2.02. The van der Waals surface area contributed by atoms with E-state index in [-0.39, 0.29) is 12.2 Å². The van der Waals surface area contributed by atoms with Crippen LogP contribution in [0.15, 0.2) is 12.1 Å². The third kappa shape index (κ3) is 2.45. The molecule has 0 saturated carbocycles. The summed E-state index contributed by atoms with van der Waals surface area (Å²) in [5.41, 5.74) is 1.25. The van der Waals surface area contributed by atoms with Crippen LogP contribution in [0.4, 0.5) is 4.39 Å². The maximum Gasteiger partial charge on any atom is 0.130 e. The lowest BCUT2D eigenvalue weighted by Crippen LogP contribution is -2.08. The minimum Gasteiger partial charge on any atom is -0.496 e. The SMILES string of the molecule is COc1cc(C)cc(F)c1C[C@@H](C)O. The zero-order chi connectivity index (χ0) is 10.7. The normalized spacial score (nSPS) is 12.6. The lowest BCUT2D eigenvalue weighted by molar-refractivity contribution is 0.192. The van der Waals surface area contributed by atoms with Crippen molar-refractivity contribution in [1.82, 2.24) is 0 Å². The van der Waals surface area contributed by atoms with E-state index in [4.69, 9.17) is 4.74 Å². The topological polar surface area (TPSA) is 29.5 Å². The van der Waals surface area contributed by atoms with E-state index in [1.165, 1.54) is 13.2 Å². The van der Waals surface area contributed by atoms with Crippen LogP contribution in [-0.4, -0.2) is 18.3 Å². The van der Waals surface area contributed by atoms with Gasteiger partial charge in [-0.05, 0) is 31.5 Å². The van der Waals surface area contributed by atoms with Gasteiger partial charge in [-0.15, -0.1) is 0 Å². The number of hydrogen-bond donors (Lipinski definition) is 1. The highest BCUT2D eigenvalue weighted by Crippen LogP contribution is 2.24. The molecule has 2 nitrogen and oxygen atoms in total. The second kappa shape index (κ2) is 4.42. The molecule has 14 heavy (non-hydrogen) atoms. The first-order valence-electron chi connectivity index (χ1n) is 4.55. The summed E-state index contributed by atoms with van der Waals surface area (Å²) in [6, 6.07) is 3.21. The second-order valence-corrected chi connectivity index (χ2v) is 3.48. The molecule has 0 fully saturated rings. The molecule has 0 spiro atoms. The van der Waals surface area contributed by atoms with E-state index < -0.39 is 6.10 Å². The fourth-order valence-corrected chi connectivity index (χ4v) is 1.42. The average Bonchev–Trinajstić information content (AvgIpc) is 2.08. The highest BCUT2D eigenvalue weighted by Gasteiger charge is 2.12. The van der Waals surface area contributed by atoms with Gasteiger partial charge in [-0.2, -0.15) is 0 Å². The van der Waals surface area contributed by atoms with Crippen LogP contribution >= 0.6 is 0 Å². The van der Waals surface area contributed by atoms with Crippen molar-refractivity contribution in [2.45, 2.75) is 26.4 Å². The molecule has 78 valence electrons. The number of hydrogen-bond acceptors (Lipinski definition) is 2. The summed E-state index contributed by atoms with van der Waals surface area (Å²) in [6.45, 7) is 3.43. The Bertz CT molecular complexity index is 321. The largest absolute Gasteiger partial charge is 0.496 e. The van der Waals surface area contributed by atoms with Crippen molar-refractivity contribution >= 4 is 0 Å². The number of halogens is 1. The van der Waals surface area contributed by atoms with Crippen LogP contribution < -0.4 is 4.74 Å². The lowest BCUT2D eigenvalue weighted by atomic mass is 10.0. The first-order chi connectivity index (χ1) is 6.54. The number of aliphatic hydroxyl groups excluding tert-OH is 1. The van der Waals surface area contributed by atoms with Crippen molar-refractivity contribution in [2.75, 3.05) is 7.11 Å². The summed E-state index contributed by atoms with van der Waals surface area (Å²) in [5.74, 6) is 0.186. The van der Waals surface area contributed by atoms with Crippen molar-refractivity contribution in [3.05, 3.63) is 29.1 Å². The molecular formula is C11H15FO2. The van der Waals surface area contributed by atoms with Crippen molar-refractivity contribution < 1.29 is 14.2 Å². The predicted molar refractivity (Wildman–Crippen MR) is 53.1 cm³/mol. The van der Waals surface area contributed by atoms with Gasteiger partial charge in [-0.25, -0.2) is 4.39 Å². The van der Waals surface area contributed by atoms with Gasteiger partial charge in [0.15, 0.2) is 0 Å². The molecule has 0 aliphatic carbocycles. The number of benzene rings is 1. The summed E-state index contributed by atoms with van der Waals surface area (Å²) in [6.07, 6.45) is -0.295. The highest BCUT2D eigenvalue weighted by molar-refractivity contribution is 5.38. The summed E-state index contributed by atoms with van der Waals surface area (Å²) >= 11 is 0. The van der Waals surface area contributed by atoms with Gasteiger partial charge < -0.3 is 9.84 Å². The van der Waals surface area contributed by atoms with E-state index in [1.54, 1.807) is 19.9 Å². The van der Waals surface area contributed by atoms with Gasteiger partial charge >= 0.3 is 0 Å². The van der Waals surface area contributed by atoms with Crippen molar-refractivity contribution in [3.8, 4) is 5.75 Å². The van der Waals surface area contributed by atoms with Crippen molar-refractivity contribution in [1.29, 1.82) is 0 Å². The molecule has 0 amide bonds. The van der Waals surface area contributed by atoms with E-state index >= 15 is 0 Å². The molecule has 1 aromatic rings. The van der Waals surface area contributed by atoms with Crippen molar-refractivity contribution in [3.63, 3.8) is 0 Å². The lowest BCUT2D eigenvalue weighted by Gasteiger charge is -2.12. The number of ether oxygens (including phenoxy) is 1. The van der Waals surface area contributed by atoms with Gasteiger partial charge in [0, 0.05) is 12.0 Å². The van der Waals surface area contributed by atoms with E-state index in [9.17, 15) is 9.50 Å². The molecule has 0 unspecified atom stereocenters. The van der Waals surface area contributed by atoms with Crippen LogP contribution in [0.1, 0.15) is 18.1 Å². The molecule has 1 aromatic carbocycles.